The molecule has 118 valence electrons. The van der Waals surface area contributed by atoms with Gasteiger partial charge in [0.1, 0.15) is 0 Å². The smallest absolute Gasteiger partial charge is 0.212 e. The Kier molecular flexibility index (Phi) is 5.78. The Morgan fingerprint density at radius 3 is 2.45 bits per heavy atom. The van der Waals surface area contributed by atoms with Gasteiger partial charge >= 0.3 is 0 Å². The molecule has 2 saturated carbocycles. The number of alkyl halides is 1. The Labute approximate surface area is 128 Å². The van der Waals surface area contributed by atoms with E-state index < -0.39 is 15.6 Å². The topological polar surface area (TPSA) is 46.2 Å². The van der Waals surface area contributed by atoms with Gasteiger partial charge in [0.25, 0.3) is 0 Å². The molecule has 2 unspecified atom stereocenters. The highest BCUT2D eigenvalue weighted by atomic mass is 35.5. The summed E-state index contributed by atoms with van der Waals surface area (Å²) in [6.45, 7) is 2.19. The van der Waals surface area contributed by atoms with Crippen LogP contribution < -0.4 is 4.72 Å². The minimum atomic E-state index is -3.21. The van der Waals surface area contributed by atoms with Crippen molar-refractivity contribution in [2.45, 2.75) is 70.3 Å². The van der Waals surface area contributed by atoms with Gasteiger partial charge in [0.2, 0.25) is 10.0 Å². The van der Waals surface area contributed by atoms with Crippen LogP contribution in [0.4, 0.5) is 0 Å². The second kappa shape index (κ2) is 6.97. The second-order valence-corrected chi connectivity index (χ2v) is 9.04. The van der Waals surface area contributed by atoms with Gasteiger partial charge in [-0.3, -0.25) is 0 Å². The summed E-state index contributed by atoms with van der Waals surface area (Å²) in [5.41, 5.74) is -0.396. The summed E-state index contributed by atoms with van der Waals surface area (Å²) in [5.74, 6) is 1.58. The lowest BCUT2D eigenvalue weighted by Crippen LogP contribution is -2.53. The molecule has 0 aromatic carbocycles. The fourth-order valence-electron chi connectivity index (χ4n) is 3.94. The zero-order valence-corrected chi connectivity index (χ0v) is 14.1. The number of hydrogen-bond acceptors (Lipinski definition) is 2. The standard InChI is InChI=1S/C15H28ClNO2S/c1-13-6-5-9-15(10-13,12-16)17-20(18,19)11-14-7-3-2-4-8-14/h13-14,17H,2-12H2,1H3. The first-order valence-electron chi connectivity index (χ1n) is 8.02. The Bertz CT molecular complexity index is 406. The molecule has 2 fully saturated rings. The number of hydrogen-bond donors (Lipinski definition) is 1. The van der Waals surface area contributed by atoms with Crippen LogP contribution in [0.15, 0.2) is 0 Å². The first-order valence-corrected chi connectivity index (χ1v) is 10.2. The molecule has 0 radical (unpaired) electrons. The van der Waals surface area contributed by atoms with Crippen molar-refractivity contribution in [3.05, 3.63) is 0 Å². The quantitative estimate of drug-likeness (QED) is 0.785. The number of sulfonamides is 1. The summed E-state index contributed by atoms with van der Waals surface area (Å²) in [7, 11) is -3.21. The van der Waals surface area contributed by atoms with Gasteiger partial charge in [0.15, 0.2) is 0 Å². The minimum absolute atomic E-state index is 0.292. The van der Waals surface area contributed by atoms with E-state index in [-0.39, 0.29) is 0 Å². The van der Waals surface area contributed by atoms with E-state index in [2.05, 4.69) is 11.6 Å². The average molecular weight is 322 g/mol. The minimum Gasteiger partial charge on any atom is -0.212 e. The summed E-state index contributed by atoms with van der Waals surface area (Å²) in [4.78, 5) is 0. The van der Waals surface area contributed by atoms with Gasteiger partial charge in [-0.2, -0.15) is 0 Å². The molecule has 0 heterocycles. The predicted molar refractivity (Wildman–Crippen MR) is 84.6 cm³/mol. The van der Waals surface area contributed by atoms with E-state index >= 15 is 0 Å². The van der Waals surface area contributed by atoms with Crippen LogP contribution >= 0.6 is 11.6 Å². The van der Waals surface area contributed by atoms with Crippen LogP contribution in [-0.4, -0.2) is 25.6 Å². The van der Waals surface area contributed by atoms with Crippen molar-refractivity contribution in [3.8, 4) is 0 Å². The van der Waals surface area contributed by atoms with Gasteiger partial charge in [-0.25, -0.2) is 13.1 Å². The van der Waals surface area contributed by atoms with Crippen LogP contribution in [0.2, 0.25) is 0 Å². The Morgan fingerprint density at radius 2 is 1.85 bits per heavy atom. The molecule has 2 atom stereocenters. The van der Waals surface area contributed by atoms with Gasteiger partial charge < -0.3 is 0 Å². The molecule has 2 aliphatic carbocycles. The predicted octanol–water partition coefficient (Wildman–Crippen LogP) is 3.67. The maximum absolute atomic E-state index is 12.5. The van der Waals surface area contributed by atoms with E-state index in [1.807, 2.05) is 0 Å². The number of nitrogens with one attached hydrogen (secondary N) is 1. The summed E-state index contributed by atoms with van der Waals surface area (Å²) in [6.07, 6.45) is 9.74. The van der Waals surface area contributed by atoms with Gasteiger partial charge in [0, 0.05) is 11.4 Å². The van der Waals surface area contributed by atoms with E-state index in [0.29, 0.717) is 23.5 Å². The molecule has 0 spiro atoms. The largest absolute Gasteiger partial charge is 0.212 e. The summed E-state index contributed by atoms with van der Waals surface area (Å²) in [6, 6.07) is 0. The molecule has 1 N–H and O–H groups in total. The molecule has 0 aromatic heterocycles. The molecule has 20 heavy (non-hydrogen) atoms. The van der Waals surface area contributed by atoms with Crippen molar-refractivity contribution < 1.29 is 8.42 Å². The zero-order chi connectivity index (χ0) is 14.6. The van der Waals surface area contributed by atoms with Crippen molar-refractivity contribution in [3.63, 3.8) is 0 Å². The van der Waals surface area contributed by atoms with Crippen LogP contribution in [0.3, 0.4) is 0 Å². The first kappa shape index (κ1) is 16.6. The lowest BCUT2D eigenvalue weighted by Gasteiger charge is -2.39. The summed E-state index contributed by atoms with van der Waals surface area (Å²) in [5, 5.41) is 0. The summed E-state index contributed by atoms with van der Waals surface area (Å²) < 4.78 is 27.9. The van der Waals surface area contributed by atoms with E-state index in [1.54, 1.807) is 0 Å². The normalized spacial score (nSPS) is 33.2. The highest BCUT2D eigenvalue weighted by molar-refractivity contribution is 7.89. The summed E-state index contributed by atoms with van der Waals surface area (Å²) >= 11 is 6.12. The van der Waals surface area contributed by atoms with E-state index in [0.717, 1.165) is 32.1 Å². The number of rotatable bonds is 5. The van der Waals surface area contributed by atoms with Crippen LogP contribution in [0.1, 0.15) is 64.7 Å². The van der Waals surface area contributed by atoms with Crippen molar-refractivity contribution in [1.82, 2.24) is 4.72 Å². The SMILES string of the molecule is CC1CCCC(CCl)(NS(=O)(=O)CC2CCCCC2)C1. The van der Waals surface area contributed by atoms with Gasteiger partial charge in [0.05, 0.1) is 5.75 Å². The molecule has 0 saturated heterocycles. The van der Waals surface area contributed by atoms with Crippen LogP contribution in [0, 0.1) is 11.8 Å². The third kappa shape index (κ3) is 4.60. The molecule has 2 rings (SSSR count). The second-order valence-electron chi connectivity index (χ2n) is 7.00. The molecular formula is C15H28ClNO2S. The lowest BCUT2D eigenvalue weighted by molar-refractivity contribution is 0.238. The van der Waals surface area contributed by atoms with Crippen LogP contribution in [0.5, 0.6) is 0 Å². The third-order valence-corrected chi connectivity index (χ3v) is 7.06. The molecule has 0 bridgehead atoms. The average Bonchev–Trinajstić information content (AvgIpc) is 2.38. The molecule has 0 amide bonds. The fourth-order valence-corrected chi connectivity index (χ4v) is 6.28. The molecule has 0 aliphatic heterocycles. The van der Waals surface area contributed by atoms with Crippen molar-refractivity contribution in [2.24, 2.45) is 11.8 Å². The molecule has 3 nitrogen and oxygen atoms in total. The monoisotopic (exact) mass is 321 g/mol. The third-order valence-electron chi connectivity index (χ3n) is 4.90. The molecular weight excluding hydrogens is 294 g/mol. The van der Waals surface area contributed by atoms with Crippen LogP contribution in [0.25, 0.3) is 0 Å². The van der Waals surface area contributed by atoms with Crippen molar-refractivity contribution in [2.75, 3.05) is 11.6 Å². The highest BCUT2D eigenvalue weighted by Crippen LogP contribution is 2.34. The van der Waals surface area contributed by atoms with Gasteiger partial charge in [-0.05, 0) is 37.5 Å². The molecule has 2 aliphatic rings. The fraction of sp³-hybridized carbons (Fsp3) is 1.00. The van der Waals surface area contributed by atoms with E-state index in [1.165, 1.54) is 25.7 Å². The van der Waals surface area contributed by atoms with E-state index in [4.69, 9.17) is 11.6 Å². The first-order chi connectivity index (χ1) is 9.45. The number of halogens is 1. The van der Waals surface area contributed by atoms with Gasteiger partial charge in [-0.1, -0.05) is 39.0 Å². The molecule has 0 aromatic rings. The highest BCUT2D eigenvalue weighted by Gasteiger charge is 2.38. The van der Waals surface area contributed by atoms with Gasteiger partial charge in [-0.15, -0.1) is 11.6 Å². The molecule has 5 heteroatoms. The van der Waals surface area contributed by atoms with Crippen molar-refractivity contribution >= 4 is 21.6 Å². The Hall–Kier alpha value is 0.200. The zero-order valence-electron chi connectivity index (χ0n) is 12.5. The van der Waals surface area contributed by atoms with E-state index in [9.17, 15) is 8.42 Å². The van der Waals surface area contributed by atoms with Crippen molar-refractivity contribution in [1.29, 1.82) is 0 Å². The maximum Gasteiger partial charge on any atom is 0.212 e. The Morgan fingerprint density at radius 1 is 1.15 bits per heavy atom. The van der Waals surface area contributed by atoms with Crippen LogP contribution in [-0.2, 0) is 10.0 Å². The lowest BCUT2D eigenvalue weighted by atomic mass is 9.78. The maximum atomic E-state index is 12.5. The Balaban J connectivity index is 1.97.